The lowest BCUT2D eigenvalue weighted by Crippen LogP contribution is -2.40. The van der Waals surface area contributed by atoms with Gasteiger partial charge in [-0.2, -0.15) is 8.42 Å². The van der Waals surface area contributed by atoms with Crippen molar-refractivity contribution in [2.24, 2.45) is 0 Å². The molecule has 0 bridgehead atoms. The number of rotatable bonds is 7. The van der Waals surface area contributed by atoms with Crippen LogP contribution in [0, 0.1) is 13.8 Å². The van der Waals surface area contributed by atoms with Crippen LogP contribution in [-0.2, 0) is 31.0 Å². The molecular weight excluding hydrogens is 550 g/mol. The largest absolute Gasteiger partial charge is 0.744 e. The maximum Gasteiger partial charge on any atom is 0.297 e. The first-order chi connectivity index (χ1) is 19.0. The molecule has 8 nitrogen and oxygen atoms in total. The van der Waals surface area contributed by atoms with E-state index < -0.39 is 26.3 Å². The van der Waals surface area contributed by atoms with Gasteiger partial charge in [0.2, 0.25) is 0 Å². The molecule has 1 aromatic heterocycles. The lowest BCUT2D eigenvalue weighted by Gasteiger charge is -2.25. The second-order valence-corrected chi connectivity index (χ2v) is 12.2. The van der Waals surface area contributed by atoms with Crippen molar-refractivity contribution >= 4 is 26.3 Å². The molecule has 0 radical (unpaired) electrons. The highest BCUT2D eigenvalue weighted by Gasteiger charge is 2.28. The molecule has 40 heavy (non-hydrogen) atoms. The van der Waals surface area contributed by atoms with Crippen LogP contribution in [0.15, 0.2) is 119 Å². The first-order valence-electron chi connectivity index (χ1n) is 12.4. The number of hydrogen-bond acceptors (Lipinski definition) is 7. The van der Waals surface area contributed by atoms with E-state index in [1.807, 2.05) is 79.3 Å². The molecule has 1 aliphatic heterocycles. The molecule has 208 valence electrons. The molecule has 5 rings (SSSR count). The number of hydrogen-bond donors (Lipinski definition) is 0. The summed E-state index contributed by atoms with van der Waals surface area (Å²) in [5.74, 6) is 0.718. The zero-order valence-electron chi connectivity index (χ0n) is 22.0. The van der Waals surface area contributed by atoms with E-state index >= 15 is 0 Å². The average Bonchev–Trinajstić information content (AvgIpc) is 2.93. The molecule has 4 aromatic rings. The number of aryl methyl sites for hydroxylation is 2. The minimum absolute atomic E-state index is 0.0935. The van der Waals surface area contributed by atoms with Crippen LogP contribution in [0.3, 0.4) is 0 Å². The Balaban J connectivity index is 0.000000283. The summed E-state index contributed by atoms with van der Waals surface area (Å²) in [6.07, 6.45) is 5.47. The summed E-state index contributed by atoms with van der Waals surface area (Å²) < 4.78 is 69.8. The molecule has 1 atom stereocenters. The van der Waals surface area contributed by atoms with Crippen molar-refractivity contribution in [3.05, 3.63) is 126 Å². The fraction of sp³-hybridized carbons (Fsp3) is 0.167. The van der Waals surface area contributed by atoms with Gasteiger partial charge in [-0.3, -0.25) is 4.18 Å². The molecule has 0 spiro atoms. The number of aromatic nitrogens is 1. The molecule has 1 aliphatic rings. The molecule has 1 unspecified atom stereocenters. The first-order valence-corrected chi connectivity index (χ1v) is 15.2. The van der Waals surface area contributed by atoms with Gasteiger partial charge in [-0.15, -0.1) is 0 Å². The molecule has 0 saturated heterocycles. The van der Waals surface area contributed by atoms with Crippen LogP contribution in [-0.4, -0.2) is 34.1 Å². The van der Waals surface area contributed by atoms with Crippen LogP contribution in [0.5, 0.6) is 5.75 Å². The molecule has 0 N–H and O–H groups in total. The minimum atomic E-state index is -4.27. The van der Waals surface area contributed by atoms with Crippen LogP contribution in [0.25, 0.3) is 6.08 Å². The number of fused-ring (bicyclic) bond motifs is 1. The topological polar surface area (TPSA) is 114 Å². The predicted molar refractivity (Wildman–Crippen MR) is 149 cm³/mol. The van der Waals surface area contributed by atoms with Crippen molar-refractivity contribution in [1.29, 1.82) is 0 Å². The summed E-state index contributed by atoms with van der Waals surface area (Å²) in [6.45, 7) is 4.21. The van der Waals surface area contributed by atoms with Gasteiger partial charge >= 0.3 is 0 Å². The second kappa shape index (κ2) is 12.6. The van der Waals surface area contributed by atoms with Gasteiger partial charge < -0.3 is 9.29 Å². The Morgan fingerprint density at radius 2 is 1.35 bits per heavy atom. The van der Waals surface area contributed by atoms with E-state index in [2.05, 4.69) is 0 Å². The Morgan fingerprint density at radius 1 is 0.775 bits per heavy atom. The number of pyridine rings is 1. The highest BCUT2D eigenvalue weighted by atomic mass is 32.2. The molecule has 3 aromatic carbocycles. The number of benzene rings is 3. The average molecular weight is 580 g/mol. The van der Waals surface area contributed by atoms with Crippen LogP contribution < -0.4 is 9.30 Å². The van der Waals surface area contributed by atoms with Crippen LogP contribution in [0.4, 0.5) is 0 Å². The zero-order valence-corrected chi connectivity index (χ0v) is 23.6. The molecule has 0 amide bonds. The molecule has 10 heteroatoms. The fourth-order valence-corrected chi connectivity index (χ4v) is 5.27. The Bertz CT molecular complexity index is 1680. The summed E-state index contributed by atoms with van der Waals surface area (Å²) in [5.41, 5.74) is 3.83. The highest BCUT2D eigenvalue weighted by molar-refractivity contribution is 7.86. The van der Waals surface area contributed by atoms with Gasteiger partial charge in [-0.25, -0.2) is 13.0 Å². The van der Waals surface area contributed by atoms with Crippen molar-refractivity contribution in [1.82, 2.24) is 0 Å². The molecule has 0 saturated carbocycles. The zero-order chi connectivity index (χ0) is 28.8. The van der Waals surface area contributed by atoms with Crippen molar-refractivity contribution in [2.75, 3.05) is 6.61 Å². The van der Waals surface area contributed by atoms with Gasteiger partial charge in [-0.05, 0) is 50.3 Å². The molecule has 2 heterocycles. The third-order valence-corrected chi connectivity index (χ3v) is 8.22. The smallest absolute Gasteiger partial charge is 0.297 e. The Labute approximate surface area is 235 Å². The van der Waals surface area contributed by atoms with Crippen molar-refractivity contribution in [3.8, 4) is 5.75 Å². The number of para-hydroxylation sites is 1. The van der Waals surface area contributed by atoms with E-state index in [1.165, 1.54) is 12.1 Å². The first kappa shape index (κ1) is 29.2. The van der Waals surface area contributed by atoms with Gasteiger partial charge in [0, 0.05) is 23.3 Å². The Kier molecular flexibility index (Phi) is 9.16. The summed E-state index contributed by atoms with van der Waals surface area (Å²) in [4.78, 5) is -0.0367. The van der Waals surface area contributed by atoms with Crippen molar-refractivity contribution in [2.45, 2.75) is 36.3 Å². The van der Waals surface area contributed by atoms with Gasteiger partial charge in [0.05, 0.1) is 9.79 Å². The normalized spacial score (nSPS) is 14.7. The van der Waals surface area contributed by atoms with Crippen LogP contribution in [0.1, 0.15) is 16.7 Å². The minimum Gasteiger partial charge on any atom is -0.744 e. The third-order valence-electron chi connectivity index (χ3n) is 6.08. The quantitative estimate of drug-likeness (QED) is 0.181. The number of ether oxygens (including phenoxy) is 1. The van der Waals surface area contributed by atoms with Crippen LogP contribution in [0.2, 0.25) is 0 Å². The van der Waals surface area contributed by atoms with Gasteiger partial charge in [0.1, 0.15) is 22.5 Å². The standard InChI is InChI=1S/C23H22NO4S.C7H8O3S/c1-18-9-11-21(12-10-18)29(25,26)27-17-23-20(16-24-13-5-2-6-14-24)15-19-7-3-4-8-22(19)28-23;1-6-2-4-7(5-3-6)11(8,9)10/h2-15,23H,16-17H2,1H3;2-5H,1H3,(H,8,9,10)/q+1;/p-1. The summed E-state index contributed by atoms with van der Waals surface area (Å²) in [6, 6.07) is 25.9. The van der Waals surface area contributed by atoms with E-state index in [-0.39, 0.29) is 16.4 Å². The van der Waals surface area contributed by atoms with Gasteiger partial charge in [-0.1, -0.05) is 59.7 Å². The maximum absolute atomic E-state index is 12.6. The Hall–Kier alpha value is -3.83. The van der Waals surface area contributed by atoms with Gasteiger partial charge in [0.25, 0.3) is 10.1 Å². The predicted octanol–water partition coefficient (Wildman–Crippen LogP) is 4.43. The van der Waals surface area contributed by atoms with Crippen molar-refractivity contribution in [3.63, 3.8) is 0 Å². The second-order valence-electron chi connectivity index (χ2n) is 9.23. The summed E-state index contributed by atoms with van der Waals surface area (Å²) >= 11 is 0. The lowest BCUT2D eigenvalue weighted by molar-refractivity contribution is -0.689. The highest BCUT2D eigenvalue weighted by Crippen LogP contribution is 2.30. The summed E-state index contributed by atoms with van der Waals surface area (Å²) in [7, 11) is -8.13. The van der Waals surface area contributed by atoms with Crippen LogP contribution >= 0.6 is 0 Å². The van der Waals surface area contributed by atoms with E-state index in [1.54, 1.807) is 36.4 Å². The third kappa shape index (κ3) is 7.86. The fourth-order valence-electron chi connectivity index (χ4n) is 3.90. The lowest BCUT2D eigenvalue weighted by atomic mass is 10.0. The monoisotopic (exact) mass is 579 g/mol. The maximum atomic E-state index is 12.6. The van der Waals surface area contributed by atoms with E-state index in [9.17, 15) is 21.4 Å². The number of nitrogens with zero attached hydrogens (tertiary/aromatic N) is 1. The molecule has 0 aliphatic carbocycles. The van der Waals surface area contributed by atoms with E-state index in [4.69, 9.17) is 8.92 Å². The molecule has 0 fully saturated rings. The van der Waals surface area contributed by atoms with Gasteiger partial charge in [0.15, 0.2) is 25.0 Å². The summed E-state index contributed by atoms with van der Waals surface area (Å²) in [5, 5.41) is 0. The Morgan fingerprint density at radius 3 is 1.95 bits per heavy atom. The van der Waals surface area contributed by atoms with E-state index in [0.29, 0.717) is 6.54 Å². The SMILES string of the molecule is Cc1ccc(S(=O)(=O)OCC2Oc3ccccc3C=C2C[n+]2ccccc2)cc1.Cc1ccc(S(=O)(=O)[O-])cc1. The van der Waals surface area contributed by atoms with Crippen molar-refractivity contribution < 1.29 is 34.9 Å². The van der Waals surface area contributed by atoms with E-state index in [0.717, 1.165) is 28.0 Å². The molecular formula is C30H29NO7S2.